The molecule has 174 valence electrons. The summed E-state index contributed by atoms with van der Waals surface area (Å²) in [6.45, 7) is 2.34. The number of nitrogens with zero attached hydrogens (tertiary/aromatic N) is 1. The summed E-state index contributed by atoms with van der Waals surface area (Å²) in [5.74, 6) is 0. The van der Waals surface area contributed by atoms with Crippen LogP contribution in [0.3, 0.4) is 0 Å². The van der Waals surface area contributed by atoms with E-state index in [-0.39, 0.29) is 0 Å². The molecule has 0 bridgehead atoms. The van der Waals surface area contributed by atoms with Crippen molar-refractivity contribution < 1.29 is 9.32 Å². The topological polar surface area (TPSA) is 38.7 Å². The van der Waals surface area contributed by atoms with E-state index in [2.05, 4.69) is 37.8 Å². The Balaban J connectivity index is 1.98. The molecule has 1 saturated heterocycles. The second-order valence-electron chi connectivity index (χ2n) is 9.12. The Morgan fingerprint density at radius 1 is 0.771 bits per heavy atom. The quantitative estimate of drug-likeness (QED) is 0.129. The molecule has 1 unspecified atom stereocenters. The maximum absolute atomic E-state index is 12.4. The molecule has 4 heteroatoms. The van der Waals surface area contributed by atoms with Crippen LogP contribution in [0.15, 0.2) is 139 Å². The van der Waals surface area contributed by atoms with Gasteiger partial charge in [-0.15, -0.1) is 0 Å². The summed E-state index contributed by atoms with van der Waals surface area (Å²) in [5, 5.41) is 1.13. The number of carbonyl (C=O) groups excluding carboxylic acids is 1. The van der Waals surface area contributed by atoms with Crippen molar-refractivity contribution in [3.63, 3.8) is 0 Å². The molecule has 1 aliphatic heterocycles. The minimum absolute atomic E-state index is 0.573. The second kappa shape index (κ2) is 8.56. The third kappa shape index (κ3) is 2.81. The summed E-state index contributed by atoms with van der Waals surface area (Å²) in [6, 6.07) is 40.5. The summed E-state index contributed by atoms with van der Waals surface area (Å²) >= 11 is 0. The Kier molecular flexibility index (Phi) is 5.66. The summed E-state index contributed by atoms with van der Waals surface area (Å²) in [6.07, 6.45) is 4.48. The van der Waals surface area contributed by atoms with Crippen LogP contribution in [0.5, 0.6) is 0 Å². The number of hydrogen-bond acceptors (Lipinski definition) is 3. The summed E-state index contributed by atoms with van der Waals surface area (Å²) in [4.78, 5) is 12.4. The first-order valence-electron chi connectivity index (χ1n) is 11.7. The molecular formula is C31H28NO2P. The normalized spacial score (nSPS) is 22.4. The van der Waals surface area contributed by atoms with Crippen molar-refractivity contribution in [1.82, 2.24) is 0 Å². The van der Waals surface area contributed by atoms with Crippen LogP contribution in [0.25, 0.3) is 0 Å². The fraction of sp³-hybridized carbons (Fsp3) is 0.129. The fourth-order valence-corrected chi connectivity index (χ4v) is 12.2. The molecule has 1 aliphatic rings. The SMILES string of the molecule is C=CCC1(C)C(c2ccccc2)(c2ccccc2)OP1(N=C=O)(c1ccccc1)c1ccccc1. The van der Waals surface area contributed by atoms with E-state index in [9.17, 15) is 4.79 Å². The van der Waals surface area contributed by atoms with Crippen molar-refractivity contribution in [2.45, 2.75) is 24.1 Å². The first-order valence-corrected chi connectivity index (χ1v) is 13.9. The Labute approximate surface area is 206 Å². The molecule has 0 N–H and O–H groups in total. The standard InChI is InChI=1S/C31H28NO2P/c1-3-24-30(2)31(26-16-8-4-9-17-26,27-18-10-5-11-19-27)34-35(30,32-25-33,28-20-12-6-13-21-28)29-22-14-7-15-23-29/h3-23H,1,24H2,2H3. The van der Waals surface area contributed by atoms with E-state index >= 15 is 0 Å². The van der Waals surface area contributed by atoms with E-state index in [0.29, 0.717) is 6.42 Å². The molecule has 4 aromatic rings. The second-order valence-corrected chi connectivity index (χ2v) is 13.5. The van der Waals surface area contributed by atoms with Gasteiger partial charge in [0, 0.05) is 0 Å². The van der Waals surface area contributed by atoms with Gasteiger partial charge in [-0.2, -0.15) is 0 Å². The van der Waals surface area contributed by atoms with Crippen LogP contribution in [0, 0.1) is 0 Å². The molecule has 0 aliphatic carbocycles. The van der Waals surface area contributed by atoms with Gasteiger partial charge in [-0.1, -0.05) is 0 Å². The third-order valence-electron chi connectivity index (χ3n) is 7.59. The number of rotatable bonds is 7. The maximum atomic E-state index is 12.4. The van der Waals surface area contributed by atoms with Crippen LogP contribution in [0.1, 0.15) is 24.5 Å². The molecule has 35 heavy (non-hydrogen) atoms. The number of hydrogen-bond donors (Lipinski definition) is 0. The van der Waals surface area contributed by atoms with Gasteiger partial charge >= 0.3 is 207 Å². The fourth-order valence-electron chi connectivity index (χ4n) is 6.11. The molecule has 1 fully saturated rings. The van der Waals surface area contributed by atoms with E-state index in [1.54, 1.807) is 0 Å². The summed E-state index contributed by atoms with van der Waals surface area (Å²) < 4.78 is 12.3. The average molecular weight is 478 g/mol. The van der Waals surface area contributed by atoms with E-state index in [0.717, 1.165) is 21.7 Å². The average Bonchev–Trinajstić information content (AvgIpc) is 2.93. The van der Waals surface area contributed by atoms with Gasteiger partial charge in [-0.3, -0.25) is 0 Å². The van der Waals surface area contributed by atoms with Crippen LogP contribution in [-0.4, -0.2) is 11.2 Å². The predicted octanol–water partition coefficient (Wildman–Crippen LogP) is 6.67. The zero-order valence-corrected chi connectivity index (χ0v) is 20.6. The Hall–Kier alpha value is -3.61. The summed E-state index contributed by atoms with van der Waals surface area (Å²) in [5.41, 5.74) is 1.17. The van der Waals surface area contributed by atoms with Gasteiger partial charge in [0.05, 0.1) is 0 Å². The Bertz CT molecular complexity index is 1300. The van der Waals surface area contributed by atoms with Crippen molar-refractivity contribution in [1.29, 1.82) is 0 Å². The van der Waals surface area contributed by atoms with E-state index in [1.807, 2.05) is 109 Å². The molecule has 1 atom stereocenters. The van der Waals surface area contributed by atoms with Crippen molar-refractivity contribution in [3.8, 4) is 0 Å². The molecular weight excluding hydrogens is 449 g/mol. The molecule has 4 aromatic carbocycles. The van der Waals surface area contributed by atoms with Gasteiger partial charge in [-0.25, -0.2) is 0 Å². The number of allylic oxidation sites excluding steroid dienone is 1. The van der Waals surface area contributed by atoms with Gasteiger partial charge in [0.2, 0.25) is 0 Å². The van der Waals surface area contributed by atoms with Gasteiger partial charge < -0.3 is 0 Å². The molecule has 0 aromatic heterocycles. The molecule has 0 spiro atoms. The van der Waals surface area contributed by atoms with Gasteiger partial charge in [0.1, 0.15) is 0 Å². The Morgan fingerprint density at radius 3 is 1.54 bits per heavy atom. The first-order chi connectivity index (χ1) is 17.1. The molecule has 0 radical (unpaired) electrons. The zero-order chi connectivity index (χ0) is 24.4. The van der Waals surface area contributed by atoms with E-state index in [4.69, 9.17) is 9.29 Å². The third-order valence-corrected chi connectivity index (χ3v) is 13.5. The monoisotopic (exact) mass is 477 g/mol. The van der Waals surface area contributed by atoms with Gasteiger partial charge in [0.25, 0.3) is 0 Å². The van der Waals surface area contributed by atoms with E-state index < -0.39 is 17.7 Å². The van der Waals surface area contributed by atoms with E-state index in [1.165, 1.54) is 0 Å². The molecule has 0 saturated carbocycles. The zero-order valence-electron chi connectivity index (χ0n) is 19.7. The van der Waals surface area contributed by atoms with Crippen molar-refractivity contribution in [3.05, 3.63) is 145 Å². The van der Waals surface area contributed by atoms with Crippen molar-refractivity contribution >= 4 is 23.7 Å². The van der Waals surface area contributed by atoms with Crippen LogP contribution in [0.4, 0.5) is 0 Å². The van der Waals surface area contributed by atoms with Gasteiger partial charge in [-0.05, 0) is 0 Å². The first kappa shape index (κ1) is 23.1. The van der Waals surface area contributed by atoms with Crippen molar-refractivity contribution in [2.75, 3.05) is 0 Å². The number of isocyanates is 1. The molecule has 0 amide bonds. The van der Waals surface area contributed by atoms with Crippen molar-refractivity contribution in [2.24, 2.45) is 4.76 Å². The van der Waals surface area contributed by atoms with Crippen LogP contribution >= 0.6 is 6.98 Å². The molecule has 1 heterocycles. The molecule has 3 nitrogen and oxygen atoms in total. The minimum atomic E-state index is -4.02. The number of benzene rings is 4. The summed E-state index contributed by atoms with van der Waals surface area (Å²) in [7, 11) is 0. The predicted molar refractivity (Wildman–Crippen MR) is 145 cm³/mol. The van der Waals surface area contributed by atoms with Gasteiger partial charge in [0.15, 0.2) is 0 Å². The molecule has 5 rings (SSSR count). The Morgan fingerprint density at radius 2 is 1.17 bits per heavy atom. The van der Waals surface area contributed by atoms with Crippen LogP contribution in [0.2, 0.25) is 0 Å². The van der Waals surface area contributed by atoms with Crippen LogP contribution in [-0.2, 0) is 14.9 Å². The van der Waals surface area contributed by atoms with Crippen LogP contribution < -0.4 is 10.6 Å².